The Morgan fingerprint density at radius 1 is 1.21 bits per heavy atom. The summed E-state index contributed by atoms with van der Waals surface area (Å²) in [5.41, 5.74) is 3.77. The number of aromatic hydroxyl groups is 1. The molecule has 1 aromatic rings. The second-order valence-electron chi connectivity index (χ2n) is 9.32. The Kier molecular flexibility index (Phi) is 5.50. The summed E-state index contributed by atoms with van der Waals surface area (Å²) in [5, 5.41) is 21.9. The molecule has 0 bridgehead atoms. The molecule has 10 heteroatoms. The van der Waals surface area contributed by atoms with Crippen molar-refractivity contribution in [3.63, 3.8) is 0 Å². The fourth-order valence-corrected chi connectivity index (χ4v) is 5.96. The topological polar surface area (TPSA) is 164 Å². The zero-order chi connectivity index (χ0) is 24.4. The van der Waals surface area contributed by atoms with Gasteiger partial charge in [-0.05, 0) is 50.0 Å². The third-order valence-corrected chi connectivity index (χ3v) is 7.34. The second-order valence-corrected chi connectivity index (χ2v) is 9.32. The molecule has 0 heterocycles. The molecule has 2 fully saturated rings. The van der Waals surface area contributed by atoms with Crippen LogP contribution in [0.4, 0.5) is 0 Å². The molecule has 10 nitrogen and oxygen atoms in total. The monoisotopic (exact) mass is 458 g/mol. The SMILES string of the molecule is COCc1ccc(O)c2c1C[C@H]1C[C@H]3[C@@H](N(C)C)C(=O)C(C(N)=O)C(=O)[C@@]3(O)C(=O)C1C2=O. The van der Waals surface area contributed by atoms with Gasteiger partial charge < -0.3 is 20.7 Å². The maximum Gasteiger partial charge on any atom is 0.235 e. The number of nitrogens with two attached hydrogens (primary N) is 1. The smallest absolute Gasteiger partial charge is 0.235 e. The van der Waals surface area contributed by atoms with Crippen LogP contribution in [0.15, 0.2) is 12.1 Å². The van der Waals surface area contributed by atoms with Gasteiger partial charge in [0, 0.05) is 13.0 Å². The van der Waals surface area contributed by atoms with Gasteiger partial charge in [-0.25, -0.2) is 0 Å². The van der Waals surface area contributed by atoms with Gasteiger partial charge in [-0.3, -0.25) is 28.9 Å². The molecule has 0 aliphatic heterocycles. The third kappa shape index (κ3) is 3.08. The molecule has 6 atom stereocenters. The number of Topliss-reactive ketones (excluding diaryl/α,β-unsaturated/α-hetero) is 4. The zero-order valence-corrected chi connectivity index (χ0v) is 18.5. The number of hydrogen-bond acceptors (Lipinski definition) is 9. The summed E-state index contributed by atoms with van der Waals surface area (Å²) >= 11 is 0. The number of ketones is 4. The molecule has 1 aromatic carbocycles. The number of rotatable bonds is 4. The third-order valence-electron chi connectivity index (χ3n) is 7.34. The van der Waals surface area contributed by atoms with Crippen LogP contribution in [0.5, 0.6) is 5.75 Å². The van der Waals surface area contributed by atoms with Gasteiger partial charge in [-0.15, -0.1) is 0 Å². The summed E-state index contributed by atoms with van der Waals surface area (Å²) in [6.07, 6.45) is 0.241. The summed E-state index contributed by atoms with van der Waals surface area (Å²) in [6, 6.07) is 1.86. The Hall–Kier alpha value is -2.95. The number of benzene rings is 1. The van der Waals surface area contributed by atoms with Gasteiger partial charge in [0.05, 0.1) is 24.1 Å². The lowest BCUT2D eigenvalue weighted by Crippen LogP contribution is -2.74. The van der Waals surface area contributed by atoms with Gasteiger partial charge in [0.1, 0.15) is 5.75 Å². The summed E-state index contributed by atoms with van der Waals surface area (Å²) in [6.45, 7) is 0.187. The minimum atomic E-state index is -2.71. The van der Waals surface area contributed by atoms with Crippen LogP contribution in [0.2, 0.25) is 0 Å². The highest BCUT2D eigenvalue weighted by Crippen LogP contribution is 2.51. The number of likely N-dealkylation sites (N-methyl/N-ethyl adjacent to an activating group) is 1. The van der Waals surface area contributed by atoms with Crippen LogP contribution < -0.4 is 5.73 Å². The molecule has 4 N–H and O–H groups in total. The Balaban J connectivity index is 1.87. The summed E-state index contributed by atoms with van der Waals surface area (Å²) in [7, 11) is 4.58. The number of phenols is 1. The fourth-order valence-electron chi connectivity index (χ4n) is 5.96. The molecule has 1 amide bonds. The molecule has 0 radical (unpaired) electrons. The van der Waals surface area contributed by atoms with Crippen molar-refractivity contribution >= 4 is 29.0 Å². The first-order valence-electron chi connectivity index (χ1n) is 10.6. The van der Waals surface area contributed by atoms with E-state index in [9.17, 15) is 34.2 Å². The van der Waals surface area contributed by atoms with Gasteiger partial charge in [0.2, 0.25) is 5.91 Å². The molecular formula is C23H26N2O8. The number of fused-ring (bicyclic) bond motifs is 3. The first-order chi connectivity index (χ1) is 15.5. The average Bonchev–Trinajstić information content (AvgIpc) is 2.72. The molecule has 3 aliphatic carbocycles. The Morgan fingerprint density at radius 2 is 1.88 bits per heavy atom. The van der Waals surface area contributed by atoms with E-state index in [0.29, 0.717) is 11.1 Å². The fraction of sp³-hybridized carbons (Fsp3) is 0.522. The van der Waals surface area contributed by atoms with E-state index in [1.807, 2.05) is 0 Å². The average molecular weight is 458 g/mol. The molecule has 4 rings (SSSR count). The van der Waals surface area contributed by atoms with E-state index in [0.717, 1.165) is 0 Å². The van der Waals surface area contributed by atoms with Crippen molar-refractivity contribution in [2.75, 3.05) is 21.2 Å². The maximum absolute atomic E-state index is 13.6. The summed E-state index contributed by atoms with van der Waals surface area (Å²) < 4.78 is 5.20. The molecule has 176 valence electrons. The minimum absolute atomic E-state index is 0.0198. The highest BCUT2D eigenvalue weighted by atomic mass is 16.5. The number of ether oxygens (including phenoxy) is 1. The van der Waals surface area contributed by atoms with Crippen molar-refractivity contribution in [2.45, 2.75) is 31.1 Å². The van der Waals surface area contributed by atoms with E-state index in [1.165, 1.54) is 18.1 Å². The van der Waals surface area contributed by atoms with E-state index < -0.39 is 64.4 Å². The number of nitrogens with zero attached hydrogens (tertiary/aromatic N) is 1. The summed E-state index contributed by atoms with van der Waals surface area (Å²) in [4.78, 5) is 66.7. The highest BCUT2D eigenvalue weighted by molar-refractivity contribution is 6.32. The molecule has 3 aliphatic rings. The van der Waals surface area contributed by atoms with Crippen LogP contribution in [0.3, 0.4) is 0 Å². The first kappa shape index (κ1) is 23.2. The number of amides is 1. The number of hydrogen-bond donors (Lipinski definition) is 3. The first-order valence-corrected chi connectivity index (χ1v) is 10.6. The predicted molar refractivity (Wildman–Crippen MR) is 112 cm³/mol. The highest BCUT2D eigenvalue weighted by Gasteiger charge is 2.69. The van der Waals surface area contributed by atoms with Gasteiger partial charge in [0.25, 0.3) is 0 Å². The van der Waals surface area contributed by atoms with Crippen LogP contribution in [-0.2, 0) is 36.9 Å². The van der Waals surface area contributed by atoms with E-state index in [1.54, 1.807) is 20.2 Å². The lowest BCUT2D eigenvalue weighted by atomic mass is 9.52. The molecule has 2 saturated carbocycles. The molecule has 2 unspecified atom stereocenters. The largest absolute Gasteiger partial charge is 0.507 e. The van der Waals surface area contributed by atoms with E-state index in [-0.39, 0.29) is 30.8 Å². The molecule has 33 heavy (non-hydrogen) atoms. The lowest BCUT2D eigenvalue weighted by Gasteiger charge is -2.52. The van der Waals surface area contributed by atoms with Crippen molar-refractivity contribution in [3.05, 3.63) is 28.8 Å². The Labute approximate surface area is 189 Å². The summed E-state index contributed by atoms with van der Waals surface area (Å²) in [5.74, 6) is -10.5. The molecule has 0 aromatic heterocycles. The Bertz CT molecular complexity index is 1100. The van der Waals surface area contributed by atoms with Crippen molar-refractivity contribution in [1.29, 1.82) is 0 Å². The minimum Gasteiger partial charge on any atom is -0.507 e. The van der Waals surface area contributed by atoms with E-state index >= 15 is 0 Å². The zero-order valence-electron chi connectivity index (χ0n) is 18.5. The van der Waals surface area contributed by atoms with Gasteiger partial charge in [-0.2, -0.15) is 0 Å². The second kappa shape index (κ2) is 7.82. The van der Waals surface area contributed by atoms with Crippen LogP contribution in [0.25, 0.3) is 0 Å². The quantitative estimate of drug-likeness (QED) is 0.481. The van der Waals surface area contributed by atoms with Crippen LogP contribution in [0, 0.1) is 23.7 Å². The molecule has 0 spiro atoms. The maximum atomic E-state index is 13.6. The number of methoxy groups -OCH3 is 1. The van der Waals surface area contributed by atoms with Crippen molar-refractivity contribution in [1.82, 2.24) is 4.90 Å². The van der Waals surface area contributed by atoms with Crippen molar-refractivity contribution < 1.29 is 38.9 Å². The number of primary amides is 1. The van der Waals surface area contributed by atoms with Crippen molar-refractivity contribution in [2.24, 2.45) is 29.4 Å². The lowest BCUT2D eigenvalue weighted by molar-refractivity contribution is -0.181. The number of carbonyl (C=O) groups is 5. The van der Waals surface area contributed by atoms with E-state index in [4.69, 9.17) is 10.5 Å². The standard InChI is InChI=1S/C23H26N2O8/c1-25(2)17-12-7-10-6-11-9(8-33-3)4-5-13(26)15(11)18(27)14(10)20(29)23(12,32)21(30)16(19(17)28)22(24)31/h4-5,10,12,14,16-17,26,32H,6-8H2,1-3H3,(H2,24,31)/t10-,12-,14?,16?,17+,23-/m0/s1. The van der Waals surface area contributed by atoms with Crippen molar-refractivity contribution in [3.8, 4) is 5.75 Å². The van der Waals surface area contributed by atoms with Crippen LogP contribution in [-0.4, -0.2) is 77.0 Å². The van der Waals surface area contributed by atoms with E-state index in [2.05, 4.69) is 0 Å². The number of phenolic OH excluding ortho intramolecular Hbond substituents is 1. The van der Waals surface area contributed by atoms with Gasteiger partial charge in [-0.1, -0.05) is 6.07 Å². The predicted octanol–water partition coefficient (Wildman–Crippen LogP) is -0.987. The van der Waals surface area contributed by atoms with Gasteiger partial charge in [0.15, 0.2) is 34.7 Å². The number of carbonyl (C=O) groups excluding carboxylic acids is 5. The Morgan fingerprint density at radius 3 is 2.45 bits per heavy atom. The van der Waals surface area contributed by atoms with Crippen LogP contribution >= 0.6 is 0 Å². The van der Waals surface area contributed by atoms with Crippen LogP contribution in [0.1, 0.15) is 27.9 Å². The number of aliphatic hydroxyl groups is 1. The molecule has 0 saturated heterocycles. The normalized spacial score (nSPS) is 33.5. The molecular weight excluding hydrogens is 432 g/mol. The van der Waals surface area contributed by atoms with Gasteiger partial charge >= 0.3 is 0 Å².